The van der Waals surface area contributed by atoms with Crippen molar-refractivity contribution in [3.05, 3.63) is 35.4 Å². The van der Waals surface area contributed by atoms with Crippen LogP contribution in [0.1, 0.15) is 64.5 Å². The lowest BCUT2D eigenvalue weighted by molar-refractivity contribution is 0.457. The quantitative estimate of drug-likeness (QED) is 0.636. The van der Waals surface area contributed by atoms with Gasteiger partial charge in [-0.2, -0.15) is 0 Å². The van der Waals surface area contributed by atoms with E-state index in [1.165, 1.54) is 43.2 Å². The van der Waals surface area contributed by atoms with Crippen LogP contribution in [0.3, 0.4) is 0 Å². The monoisotopic (exact) mass is 261 g/mol. The lowest BCUT2D eigenvalue weighted by Gasteiger charge is -2.25. The van der Waals surface area contributed by atoms with Crippen molar-refractivity contribution in [2.45, 2.75) is 65.2 Å². The SMILES string of the molecule is CCCCc1ccc(C(C)(C)CCNCCC)cc1. The lowest BCUT2D eigenvalue weighted by atomic mass is 9.81. The van der Waals surface area contributed by atoms with Gasteiger partial charge < -0.3 is 5.32 Å². The standard InChI is InChI=1S/C18H31N/c1-5-7-8-16-9-11-17(12-10-16)18(3,4)13-15-19-14-6-2/h9-12,19H,5-8,13-15H2,1-4H3. The van der Waals surface area contributed by atoms with E-state index in [-0.39, 0.29) is 5.41 Å². The maximum absolute atomic E-state index is 3.50. The van der Waals surface area contributed by atoms with Crippen molar-refractivity contribution in [1.29, 1.82) is 0 Å². The third kappa shape index (κ3) is 5.78. The van der Waals surface area contributed by atoms with Crippen molar-refractivity contribution in [3.63, 3.8) is 0 Å². The minimum atomic E-state index is 0.268. The first kappa shape index (κ1) is 16.2. The Morgan fingerprint density at radius 2 is 1.63 bits per heavy atom. The van der Waals surface area contributed by atoms with Crippen LogP contribution in [-0.4, -0.2) is 13.1 Å². The molecule has 0 saturated heterocycles. The summed E-state index contributed by atoms with van der Waals surface area (Å²) in [5.74, 6) is 0. The molecule has 0 fully saturated rings. The average Bonchev–Trinajstić information content (AvgIpc) is 2.42. The van der Waals surface area contributed by atoms with Gasteiger partial charge >= 0.3 is 0 Å². The second-order valence-corrected chi connectivity index (χ2v) is 6.18. The maximum atomic E-state index is 3.50. The van der Waals surface area contributed by atoms with Crippen molar-refractivity contribution in [2.24, 2.45) is 0 Å². The van der Waals surface area contributed by atoms with Gasteiger partial charge in [0, 0.05) is 0 Å². The number of aryl methyl sites for hydroxylation is 1. The Morgan fingerprint density at radius 3 is 2.21 bits per heavy atom. The van der Waals surface area contributed by atoms with Gasteiger partial charge in [0.05, 0.1) is 0 Å². The second-order valence-electron chi connectivity index (χ2n) is 6.18. The fraction of sp³-hybridized carbons (Fsp3) is 0.667. The van der Waals surface area contributed by atoms with E-state index in [0.29, 0.717) is 0 Å². The minimum Gasteiger partial charge on any atom is -0.317 e. The van der Waals surface area contributed by atoms with Crippen LogP contribution in [0, 0.1) is 0 Å². The summed E-state index contributed by atoms with van der Waals surface area (Å²) in [5, 5.41) is 3.50. The molecule has 108 valence electrons. The average molecular weight is 261 g/mol. The molecule has 0 aliphatic rings. The Hall–Kier alpha value is -0.820. The van der Waals surface area contributed by atoms with Gasteiger partial charge in [0.25, 0.3) is 0 Å². The van der Waals surface area contributed by atoms with Crippen LogP contribution in [0.25, 0.3) is 0 Å². The highest BCUT2D eigenvalue weighted by Crippen LogP contribution is 2.27. The molecule has 1 aromatic rings. The van der Waals surface area contributed by atoms with E-state index in [1.54, 1.807) is 0 Å². The summed E-state index contributed by atoms with van der Waals surface area (Å²) in [5.41, 5.74) is 3.21. The van der Waals surface area contributed by atoms with Crippen LogP contribution in [0.15, 0.2) is 24.3 Å². The van der Waals surface area contributed by atoms with Crippen molar-refractivity contribution in [2.75, 3.05) is 13.1 Å². The van der Waals surface area contributed by atoms with Crippen LogP contribution in [0.5, 0.6) is 0 Å². The summed E-state index contributed by atoms with van der Waals surface area (Å²) >= 11 is 0. The fourth-order valence-corrected chi connectivity index (χ4v) is 2.35. The van der Waals surface area contributed by atoms with Gasteiger partial charge in [0.15, 0.2) is 0 Å². The zero-order chi connectivity index (χ0) is 14.1. The molecule has 1 N–H and O–H groups in total. The number of hydrogen-bond acceptors (Lipinski definition) is 1. The van der Waals surface area contributed by atoms with Crippen molar-refractivity contribution < 1.29 is 0 Å². The van der Waals surface area contributed by atoms with E-state index in [0.717, 1.165) is 13.1 Å². The summed E-state index contributed by atoms with van der Waals surface area (Å²) < 4.78 is 0. The van der Waals surface area contributed by atoms with E-state index in [9.17, 15) is 0 Å². The van der Waals surface area contributed by atoms with E-state index >= 15 is 0 Å². The predicted octanol–water partition coefficient (Wildman–Crippen LogP) is 4.70. The van der Waals surface area contributed by atoms with Gasteiger partial charge in [-0.05, 0) is 55.3 Å². The van der Waals surface area contributed by atoms with Crippen LogP contribution < -0.4 is 5.32 Å². The van der Waals surface area contributed by atoms with Gasteiger partial charge in [-0.25, -0.2) is 0 Å². The topological polar surface area (TPSA) is 12.0 Å². The summed E-state index contributed by atoms with van der Waals surface area (Å²) in [6, 6.07) is 9.27. The Bertz CT molecular complexity index is 337. The molecular formula is C18H31N. The first-order valence-electron chi connectivity index (χ1n) is 7.90. The molecule has 0 saturated carbocycles. The Balaban J connectivity index is 2.52. The highest BCUT2D eigenvalue weighted by atomic mass is 14.8. The summed E-state index contributed by atoms with van der Waals surface area (Å²) in [4.78, 5) is 0. The molecule has 0 radical (unpaired) electrons. The molecule has 19 heavy (non-hydrogen) atoms. The molecule has 0 bridgehead atoms. The number of rotatable bonds is 9. The van der Waals surface area contributed by atoms with Gasteiger partial charge in [0.2, 0.25) is 0 Å². The van der Waals surface area contributed by atoms with Gasteiger partial charge in [-0.3, -0.25) is 0 Å². The normalized spacial score (nSPS) is 11.8. The first-order valence-corrected chi connectivity index (χ1v) is 7.90. The van der Waals surface area contributed by atoms with Crippen molar-refractivity contribution in [3.8, 4) is 0 Å². The molecule has 0 aromatic heterocycles. The number of unbranched alkanes of at least 4 members (excludes halogenated alkanes) is 1. The third-order valence-corrected chi connectivity index (χ3v) is 3.91. The van der Waals surface area contributed by atoms with E-state index in [2.05, 4.69) is 57.3 Å². The molecule has 1 heteroatoms. The largest absolute Gasteiger partial charge is 0.317 e. The highest BCUT2D eigenvalue weighted by Gasteiger charge is 2.19. The smallest absolute Gasteiger partial charge is 0.00406 e. The molecule has 0 atom stereocenters. The molecule has 0 amide bonds. The Kier molecular flexibility index (Phi) is 7.15. The molecule has 1 aromatic carbocycles. The molecule has 1 rings (SSSR count). The highest BCUT2D eigenvalue weighted by molar-refractivity contribution is 5.28. The third-order valence-electron chi connectivity index (χ3n) is 3.91. The van der Waals surface area contributed by atoms with E-state index in [1.807, 2.05) is 0 Å². The molecule has 0 aliphatic heterocycles. The van der Waals surface area contributed by atoms with Crippen LogP contribution >= 0.6 is 0 Å². The first-order chi connectivity index (χ1) is 9.10. The molecule has 0 unspecified atom stereocenters. The Labute approximate surface area is 119 Å². The van der Waals surface area contributed by atoms with Gasteiger partial charge in [0.1, 0.15) is 0 Å². The van der Waals surface area contributed by atoms with Gasteiger partial charge in [-0.15, -0.1) is 0 Å². The number of benzene rings is 1. The number of hydrogen-bond donors (Lipinski definition) is 1. The molecule has 0 heterocycles. The fourth-order valence-electron chi connectivity index (χ4n) is 2.35. The van der Waals surface area contributed by atoms with Crippen LogP contribution in [0.2, 0.25) is 0 Å². The zero-order valence-electron chi connectivity index (χ0n) is 13.3. The van der Waals surface area contributed by atoms with E-state index in [4.69, 9.17) is 0 Å². The minimum absolute atomic E-state index is 0.268. The summed E-state index contributed by atoms with van der Waals surface area (Å²) in [6.45, 7) is 11.4. The number of nitrogens with one attached hydrogen (secondary N) is 1. The molecule has 1 nitrogen and oxygen atoms in total. The predicted molar refractivity (Wildman–Crippen MR) is 85.9 cm³/mol. The van der Waals surface area contributed by atoms with Crippen molar-refractivity contribution in [1.82, 2.24) is 5.32 Å². The zero-order valence-corrected chi connectivity index (χ0v) is 13.3. The second kappa shape index (κ2) is 8.37. The summed E-state index contributed by atoms with van der Waals surface area (Å²) in [7, 11) is 0. The molecule has 0 spiro atoms. The van der Waals surface area contributed by atoms with E-state index < -0.39 is 0 Å². The van der Waals surface area contributed by atoms with Crippen LogP contribution in [-0.2, 0) is 11.8 Å². The lowest BCUT2D eigenvalue weighted by Crippen LogP contribution is -2.25. The summed E-state index contributed by atoms with van der Waals surface area (Å²) in [6.07, 6.45) is 6.20. The van der Waals surface area contributed by atoms with Crippen LogP contribution in [0.4, 0.5) is 0 Å². The molecular weight excluding hydrogens is 230 g/mol. The maximum Gasteiger partial charge on any atom is -0.00406 e. The van der Waals surface area contributed by atoms with Crippen molar-refractivity contribution >= 4 is 0 Å². The van der Waals surface area contributed by atoms with Gasteiger partial charge in [-0.1, -0.05) is 58.4 Å². The molecule has 0 aliphatic carbocycles. The Morgan fingerprint density at radius 1 is 0.947 bits per heavy atom.